The average Bonchev–Trinajstić information content (AvgIpc) is 3.10. The Hall–Kier alpha value is -1.23. The molecule has 2 aromatic rings. The Labute approximate surface area is 139 Å². The van der Waals surface area contributed by atoms with Crippen molar-refractivity contribution in [2.75, 3.05) is 18.8 Å². The molecule has 23 heavy (non-hydrogen) atoms. The van der Waals surface area contributed by atoms with Crippen LogP contribution in [0.4, 0.5) is 0 Å². The molecule has 0 aromatic carbocycles. The minimum atomic E-state index is -3.77. The third kappa shape index (κ3) is 3.21. The van der Waals surface area contributed by atoms with Crippen molar-refractivity contribution in [3.63, 3.8) is 0 Å². The minimum Gasteiger partial charge on any atom is -0.339 e. The van der Waals surface area contributed by atoms with Gasteiger partial charge in [-0.25, -0.2) is 21.8 Å². The third-order valence-corrected chi connectivity index (χ3v) is 8.87. The summed E-state index contributed by atoms with van der Waals surface area (Å²) < 4.78 is 53.0. The summed E-state index contributed by atoms with van der Waals surface area (Å²) in [5, 5.41) is 1.15. The average molecular weight is 375 g/mol. The molecule has 2 aromatic heterocycles. The zero-order chi connectivity index (χ0) is 16.7. The molecule has 0 radical (unpaired) electrons. The van der Waals surface area contributed by atoms with Gasteiger partial charge in [-0.15, -0.1) is 11.3 Å². The van der Waals surface area contributed by atoms with Gasteiger partial charge in [0.05, 0.1) is 17.3 Å². The fourth-order valence-corrected chi connectivity index (χ4v) is 7.15. The first-order chi connectivity index (χ1) is 10.8. The summed E-state index contributed by atoms with van der Waals surface area (Å²) in [6.45, 7) is 0.129. The van der Waals surface area contributed by atoms with Crippen LogP contribution in [0.1, 0.15) is 16.5 Å². The largest absolute Gasteiger partial charge is 0.339 e. The highest BCUT2D eigenvalue weighted by molar-refractivity contribution is 7.92. The number of imidazole rings is 1. The molecule has 126 valence electrons. The number of hydrogen-bond acceptors (Lipinski definition) is 6. The molecular weight excluding hydrogens is 358 g/mol. The van der Waals surface area contributed by atoms with Gasteiger partial charge in [-0.2, -0.15) is 4.31 Å². The summed E-state index contributed by atoms with van der Waals surface area (Å²) in [6, 6.07) is 3.60. The number of aromatic nitrogens is 2. The van der Waals surface area contributed by atoms with Crippen LogP contribution in [0.5, 0.6) is 0 Å². The lowest BCUT2D eigenvalue weighted by Crippen LogP contribution is -2.33. The zero-order valence-corrected chi connectivity index (χ0v) is 14.9. The number of hydrogen-bond donors (Lipinski definition) is 0. The van der Waals surface area contributed by atoms with Gasteiger partial charge in [0.25, 0.3) is 10.0 Å². The van der Waals surface area contributed by atoms with Crippen molar-refractivity contribution < 1.29 is 16.8 Å². The van der Waals surface area contributed by atoms with E-state index < -0.39 is 25.1 Å². The van der Waals surface area contributed by atoms with Crippen LogP contribution in [-0.2, 0) is 26.9 Å². The SMILES string of the molecule is Cn1cnc(S(=O)(=O)N2CCC(c3cccs3)S(=O)(=O)CC2)c1. The van der Waals surface area contributed by atoms with E-state index in [2.05, 4.69) is 4.98 Å². The number of sulfonamides is 1. The van der Waals surface area contributed by atoms with Crippen molar-refractivity contribution in [2.45, 2.75) is 16.7 Å². The molecule has 0 amide bonds. The summed E-state index contributed by atoms with van der Waals surface area (Å²) in [4.78, 5) is 4.65. The highest BCUT2D eigenvalue weighted by Gasteiger charge is 2.36. The van der Waals surface area contributed by atoms with E-state index >= 15 is 0 Å². The fourth-order valence-electron chi connectivity index (χ4n) is 2.61. The number of nitrogens with zero attached hydrogens (tertiary/aromatic N) is 3. The van der Waals surface area contributed by atoms with Crippen LogP contribution >= 0.6 is 11.3 Å². The summed E-state index contributed by atoms with van der Waals surface area (Å²) in [5.41, 5.74) is 0. The lowest BCUT2D eigenvalue weighted by molar-refractivity contribution is 0.426. The van der Waals surface area contributed by atoms with E-state index in [4.69, 9.17) is 0 Å². The second-order valence-corrected chi connectivity index (χ2v) is 10.6. The van der Waals surface area contributed by atoms with Crippen LogP contribution in [0.3, 0.4) is 0 Å². The van der Waals surface area contributed by atoms with Crippen LogP contribution in [0.2, 0.25) is 0 Å². The molecule has 0 bridgehead atoms. The molecule has 1 unspecified atom stereocenters. The highest BCUT2D eigenvalue weighted by atomic mass is 32.2. The molecule has 3 heterocycles. The van der Waals surface area contributed by atoms with E-state index in [1.54, 1.807) is 17.7 Å². The first-order valence-corrected chi connectivity index (χ1v) is 11.1. The monoisotopic (exact) mass is 375 g/mol. The van der Waals surface area contributed by atoms with Crippen LogP contribution in [0, 0.1) is 0 Å². The molecule has 7 nitrogen and oxygen atoms in total. The predicted molar refractivity (Wildman–Crippen MR) is 87.4 cm³/mol. The summed E-state index contributed by atoms with van der Waals surface area (Å²) in [6.07, 6.45) is 3.09. The Bertz CT molecular complexity index is 885. The molecule has 0 saturated carbocycles. The van der Waals surface area contributed by atoms with Crippen molar-refractivity contribution in [1.82, 2.24) is 13.9 Å². The first kappa shape index (κ1) is 16.6. The highest BCUT2D eigenvalue weighted by Crippen LogP contribution is 2.33. The molecule has 1 aliphatic heterocycles. The molecule has 1 aliphatic rings. The van der Waals surface area contributed by atoms with Crippen LogP contribution in [-0.4, -0.2) is 49.5 Å². The number of aryl methyl sites for hydroxylation is 1. The molecular formula is C13H17N3O4S3. The maximum atomic E-state index is 12.6. The normalized spacial score (nSPS) is 22.7. The first-order valence-electron chi connectivity index (χ1n) is 7.04. The third-order valence-electron chi connectivity index (χ3n) is 3.85. The van der Waals surface area contributed by atoms with Gasteiger partial charge in [0, 0.05) is 31.2 Å². The van der Waals surface area contributed by atoms with E-state index in [1.807, 2.05) is 11.4 Å². The summed E-state index contributed by atoms with van der Waals surface area (Å²) in [7, 11) is -5.45. The lowest BCUT2D eigenvalue weighted by Gasteiger charge is -2.17. The minimum absolute atomic E-state index is 0.0386. The quantitative estimate of drug-likeness (QED) is 0.799. The smallest absolute Gasteiger partial charge is 0.262 e. The van der Waals surface area contributed by atoms with Gasteiger partial charge in [0.15, 0.2) is 14.9 Å². The molecule has 1 atom stereocenters. The second kappa shape index (κ2) is 6.00. The zero-order valence-electron chi connectivity index (χ0n) is 12.5. The van der Waals surface area contributed by atoms with E-state index in [9.17, 15) is 16.8 Å². The molecule has 3 rings (SSSR count). The van der Waals surface area contributed by atoms with Gasteiger partial charge in [0.2, 0.25) is 0 Å². The van der Waals surface area contributed by atoms with Crippen LogP contribution in [0.15, 0.2) is 35.1 Å². The van der Waals surface area contributed by atoms with Gasteiger partial charge in [-0.3, -0.25) is 0 Å². The Morgan fingerprint density at radius 2 is 2.13 bits per heavy atom. The van der Waals surface area contributed by atoms with E-state index in [0.717, 1.165) is 4.88 Å². The Morgan fingerprint density at radius 3 is 2.74 bits per heavy atom. The van der Waals surface area contributed by atoms with E-state index in [0.29, 0.717) is 0 Å². The lowest BCUT2D eigenvalue weighted by atomic mass is 10.2. The molecule has 1 saturated heterocycles. The van der Waals surface area contributed by atoms with Crippen LogP contribution in [0.25, 0.3) is 0 Å². The number of sulfone groups is 1. The molecule has 0 aliphatic carbocycles. The number of rotatable bonds is 3. The maximum absolute atomic E-state index is 12.6. The number of thiophene rings is 1. The Kier molecular flexibility index (Phi) is 4.34. The molecule has 10 heteroatoms. The molecule has 0 N–H and O–H groups in total. The van der Waals surface area contributed by atoms with Crippen LogP contribution < -0.4 is 0 Å². The van der Waals surface area contributed by atoms with Crippen molar-refractivity contribution >= 4 is 31.2 Å². The van der Waals surface area contributed by atoms with Gasteiger partial charge >= 0.3 is 0 Å². The van der Waals surface area contributed by atoms with Crippen molar-refractivity contribution in [3.05, 3.63) is 34.9 Å². The van der Waals surface area contributed by atoms with Gasteiger partial charge in [0.1, 0.15) is 0 Å². The summed E-state index contributed by atoms with van der Waals surface area (Å²) >= 11 is 1.39. The van der Waals surface area contributed by atoms with Gasteiger partial charge in [-0.1, -0.05) is 6.07 Å². The standard InChI is InChI=1S/C13H17N3O4S3/c1-15-9-13(14-10-15)23(19,20)16-5-4-12(11-3-2-7-21-11)22(17,18)8-6-16/h2-3,7,9-10,12H,4-6,8H2,1H3. The van der Waals surface area contributed by atoms with Crippen molar-refractivity contribution in [2.24, 2.45) is 7.05 Å². The van der Waals surface area contributed by atoms with Gasteiger partial charge < -0.3 is 4.57 Å². The predicted octanol–water partition coefficient (Wildman–Crippen LogP) is 1.03. The van der Waals surface area contributed by atoms with Gasteiger partial charge in [-0.05, 0) is 17.9 Å². The molecule has 1 fully saturated rings. The van der Waals surface area contributed by atoms with E-state index in [1.165, 1.54) is 28.2 Å². The maximum Gasteiger partial charge on any atom is 0.262 e. The van der Waals surface area contributed by atoms with Crippen molar-refractivity contribution in [1.29, 1.82) is 0 Å². The topological polar surface area (TPSA) is 89.3 Å². The Balaban J connectivity index is 1.88. The summed E-state index contributed by atoms with van der Waals surface area (Å²) in [5.74, 6) is -0.179. The van der Waals surface area contributed by atoms with E-state index in [-0.39, 0.29) is 30.3 Å². The fraction of sp³-hybridized carbons (Fsp3) is 0.462. The van der Waals surface area contributed by atoms with Crippen molar-refractivity contribution in [3.8, 4) is 0 Å². The Morgan fingerprint density at radius 1 is 1.35 bits per heavy atom. The second-order valence-electron chi connectivity index (χ2n) is 5.44. The molecule has 0 spiro atoms.